The highest BCUT2D eigenvalue weighted by Gasteiger charge is 2.26. The first-order chi connectivity index (χ1) is 12.0. The molecule has 1 unspecified atom stereocenters. The number of hydrogen-bond donors (Lipinski definition) is 1. The van der Waals surface area contributed by atoms with E-state index < -0.39 is 0 Å². The van der Waals surface area contributed by atoms with Gasteiger partial charge in [-0.15, -0.1) is 0 Å². The summed E-state index contributed by atoms with van der Waals surface area (Å²) in [4.78, 5) is 14.7. The van der Waals surface area contributed by atoms with Gasteiger partial charge in [0.2, 0.25) is 5.91 Å². The standard InChI is InChI=1S/C20H22ClFN2O/c1-14-5-2-7-16(11-14)23-20(25)15-6-4-10-24(12-15)13-17-18(21)8-3-9-19(17)22/h2-3,5,7-9,11,15H,4,6,10,12-13H2,1H3,(H,23,25). The van der Waals surface area contributed by atoms with E-state index in [0.717, 1.165) is 30.6 Å². The average Bonchev–Trinajstić information content (AvgIpc) is 2.58. The van der Waals surface area contributed by atoms with Crippen LogP contribution in [0.3, 0.4) is 0 Å². The van der Waals surface area contributed by atoms with E-state index in [0.29, 0.717) is 23.7 Å². The quantitative estimate of drug-likeness (QED) is 0.861. The summed E-state index contributed by atoms with van der Waals surface area (Å²) < 4.78 is 14.0. The van der Waals surface area contributed by atoms with Crippen LogP contribution in [0, 0.1) is 18.7 Å². The van der Waals surface area contributed by atoms with Gasteiger partial charge in [-0.05, 0) is 56.1 Å². The van der Waals surface area contributed by atoms with E-state index in [2.05, 4.69) is 10.2 Å². The highest BCUT2D eigenvalue weighted by molar-refractivity contribution is 6.31. The molecule has 0 bridgehead atoms. The lowest BCUT2D eigenvalue weighted by Gasteiger charge is -2.32. The Bertz CT molecular complexity index is 745. The highest BCUT2D eigenvalue weighted by atomic mass is 35.5. The number of piperidine rings is 1. The number of carbonyl (C=O) groups excluding carboxylic acids is 1. The molecule has 1 fully saturated rings. The Morgan fingerprint density at radius 2 is 2.12 bits per heavy atom. The van der Waals surface area contributed by atoms with Crippen molar-refractivity contribution in [2.24, 2.45) is 5.92 Å². The van der Waals surface area contributed by atoms with Gasteiger partial charge in [0.1, 0.15) is 5.82 Å². The monoisotopic (exact) mass is 360 g/mol. The molecule has 0 aliphatic carbocycles. The Kier molecular flexibility index (Phi) is 5.71. The number of hydrogen-bond acceptors (Lipinski definition) is 2. The molecule has 132 valence electrons. The maximum atomic E-state index is 14.0. The predicted molar refractivity (Wildman–Crippen MR) is 99.2 cm³/mol. The fourth-order valence-corrected chi connectivity index (χ4v) is 3.51. The van der Waals surface area contributed by atoms with Crippen molar-refractivity contribution in [1.82, 2.24) is 4.90 Å². The lowest BCUT2D eigenvalue weighted by molar-refractivity contribution is -0.121. The van der Waals surface area contributed by atoms with Crippen molar-refractivity contribution >= 4 is 23.2 Å². The van der Waals surface area contributed by atoms with Crippen LogP contribution in [0.4, 0.5) is 10.1 Å². The number of nitrogens with zero attached hydrogens (tertiary/aromatic N) is 1. The van der Waals surface area contributed by atoms with E-state index in [4.69, 9.17) is 11.6 Å². The van der Waals surface area contributed by atoms with Crippen molar-refractivity contribution in [3.05, 3.63) is 64.4 Å². The number of benzene rings is 2. The number of likely N-dealkylation sites (tertiary alicyclic amines) is 1. The second-order valence-electron chi connectivity index (χ2n) is 6.63. The van der Waals surface area contributed by atoms with Crippen LogP contribution in [-0.4, -0.2) is 23.9 Å². The number of carbonyl (C=O) groups is 1. The Balaban J connectivity index is 1.63. The van der Waals surface area contributed by atoms with E-state index in [1.165, 1.54) is 6.07 Å². The molecule has 1 N–H and O–H groups in total. The van der Waals surface area contributed by atoms with Gasteiger partial charge >= 0.3 is 0 Å². The smallest absolute Gasteiger partial charge is 0.228 e. The molecule has 1 saturated heterocycles. The van der Waals surface area contributed by atoms with Gasteiger partial charge in [0.25, 0.3) is 0 Å². The van der Waals surface area contributed by atoms with Crippen LogP contribution < -0.4 is 5.32 Å². The number of amides is 1. The minimum Gasteiger partial charge on any atom is -0.326 e. The molecule has 0 spiro atoms. The molecule has 2 aromatic carbocycles. The summed E-state index contributed by atoms with van der Waals surface area (Å²) >= 11 is 6.12. The summed E-state index contributed by atoms with van der Waals surface area (Å²) in [5, 5.41) is 3.43. The first-order valence-electron chi connectivity index (χ1n) is 8.55. The van der Waals surface area contributed by atoms with E-state index in [1.54, 1.807) is 12.1 Å². The molecule has 0 saturated carbocycles. The second-order valence-corrected chi connectivity index (χ2v) is 7.04. The molecule has 3 rings (SSSR count). The predicted octanol–water partition coefficient (Wildman–Crippen LogP) is 4.64. The molecule has 2 aromatic rings. The second kappa shape index (κ2) is 7.98. The first-order valence-corrected chi connectivity index (χ1v) is 8.93. The van der Waals surface area contributed by atoms with E-state index >= 15 is 0 Å². The first kappa shape index (κ1) is 17.9. The van der Waals surface area contributed by atoms with Crippen LogP contribution in [0.25, 0.3) is 0 Å². The SMILES string of the molecule is Cc1cccc(NC(=O)C2CCCN(Cc3c(F)cccc3Cl)C2)c1. The fourth-order valence-electron chi connectivity index (χ4n) is 3.29. The lowest BCUT2D eigenvalue weighted by Crippen LogP contribution is -2.40. The highest BCUT2D eigenvalue weighted by Crippen LogP contribution is 2.25. The van der Waals surface area contributed by atoms with Crippen molar-refractivity contribution in [3.8, 4) is 0 Å². The summed E-state index contributed by atoms with van der Waals surface area (Å²) in [6, 6.07) is 12.5. The summed E-state index contributed by atoms with van der Waals surface area (Å²) in [6.07, 6.45) is 1.76. The van der Waals surface area contributed by atoms with Crippen molar-refractivity contribution in [1.29, 1.82) is 0 Å². The molecule has 1 aliphatic rings. The Hall–Kier alpha value is -1.91. The van der Waals surface area contributed by atoms with Gasteiger partial charge in [-0.25, -0.2) is 4.39 Å². The van der Waals surface area contributed by atoms with Crippen molar-refractivity contribution < 1.29 is 9.18 Å². The molecular weight excluding hydrogens is 339 g/mol. The molecule has 5 heteroatoms. The summed E-state index contributed by atoms with van der Waals surface area (Å²) in [7, 11) is 0. The van der Waals surface area contributed by atoms with Crippen molar-refractivity contribution in [2.45, 2.75) is 26.3 Å². The van der Waals surface area contributed by atoms with Crippen LogP contribution in [0.1, 0.15) is 24.0 Å². The van der Waals surface area contributed by atoms with Gasteiger partial charge in [-0.2, -0.15) is 0 Å². The van der Waals surface area contributed by atoms with Gasteiger partial charge in [0.15, 0.2) is 0 Å². The zero-order valence-corrected chi connectivity index (χ0v) is 15.0. The third-order valence-corrected chi connectivity index (χ3v) is 4.96. The van der Waals surface area contributed by atoms with Gasteiger partial charge in [0, 0.05) is 29.4 Å². The molecule has 3 nitrogen and oxygen atoms in total. The van der Waals surface area contributed by atoms with Crippen LogP contribution in [-0.2, 0) is 11.3 Å². The van der Waals surface area contributed by atoms with E-state index in [-0.39, 0.29) is 17.6 Å². The van der Waals surface area contributed by atoms with Crippen molar-refractivity contribution in [2.75, 3.05) is 18.4 Å². The van der Waals surface area contributed by atoms with Gasteiger partial charge in [-0.1, -0.05) is 29.8 Å². The molecule has 1 atom stereocenters. The van der Waals surface area contributed by atoms with Crippen LogP contribution in [0.2, 0.25) is 5.02 Å². The molecule has 1 aliphatic heterocycles. The molecular formula is C20H22ClFN2O. The van der Waals surface area contributed by atoms with Crippen LogP contribution in [0.15, 0.2) is 42.5 Å². The minimum absolute atomic E-state index is 0.0231. The zero-order valence-electron chi connectivity index (χ0n) is 14.3. The summed E-state index contributed by atoms with van der Waals surface area (Å²) in [5.41, 5.74) is 2.43. The number of halogens is 2. The zero-order chi connectivity index (χ0) is 17.8. The number of aryl methyl sites for hydroxylation is 1. The van der Waals surface area contributed by atoms with Gasteiger partial charge < -0.3 is 5.32 Å². The van der Waals surface area contributed by atoms with Crippen LogP contribution >= 0.6 is 11.6 Å². The summed E-state index contributed by atoms with van der Waals surface area (Å²) in [6.45, 7) is 3.89. The molecule has 25 heavy (non-hydrogen) atoms. The topological polar surface area (TPSA) is 32.3 Å². The number of rotatable bonds is 4. The minimum atomic E-state index is -0.293. The average molecular weight is 361 g/mol. The maximum absolute atomic E-state index is 14.0. The van der Waals surface area contributed by atoms with Gasteiger partial charge in [-0.3, -0.25) is 9.69 Å². The van der Waals surface area contributed by atoms with Gasteiger partial charge in [0.05, 0.1) is 5.92 Å². The lowest BCUT2D eigenvalue weighted by atomic mass is 9.96. The van der Waals surface area contributed by atoms with Crippen LogP contribution in [0.5, 0.6) is 0 Å². The third kappa shape index (κ3) is 4.59. The Morgan fingerprint density at radius 3 is 2.88 bits per heavy atom. The maximum Gasteiger partial charge on any atom is 0.228 e. The molecule has 0 radical (unpaired) electrons. The Morgan fingerprint density at radius 1 is 1.32 bits per heavy atom. The third-order valence-electron chi connectivity index (χ3n) is 4.61. The normalized spacial score (nSPS) is 18.1. The Labute approximate surface area is 152 Å². The van der Waals surface area contributed by atoms with E-state index in [1.807, 2.05) is 31.2 Å². The molecule has 1 amide bonds. The summed E-state index contributed by atoms with van der Waals surface area (Å²) in [5.74, 6) is -0.367. The number of anilines is 1. The fraction of sp³-hybridized carbons (Fsp3) is 0.350. The molecule has 1 heterocycles. The number of nitrogens with one attached hydrogen (secondary N) is 1. The van der Waals surface area contributed by atoms with E-state index in [9.17, 15) is 9.18 Å². The van der Waals surface area contributed by atoms with Crippen molar-refractivity contribution in [3.63, 3.8) is 0 Å². The largest absolute Gasteiger partial charge is 0.326 e. The molecule has 0 aromatic heterocycles.